The van der Waals surface area contributed by atoms with E-state index in [1.165, 1.54) is 11.1 Å². The van der Waals surface area contributed by atoms with Gasteiger partial charge in [-0.05, 0) is 49.0 Å². The molecule has 0 radical (unpaired) electrons. The van der Waals surface area contributed by atoms with Crippen LogP contribution in [-0.2, 0) is 4.79 Å². The van der Waals surface area contributed by atoms with Gasteiger partial charge in [-0.25, -0.2) is 0 Å². The highest BCUT2D eigenvalue weighted by Crippen LogP contribution is 2.23. The van der Waals surface area contributed by atoms with E-state index in [2.05, 4.69) is 25.1 Å². The van der Waals surface area contributed by atoms with Crippen LogP contribution in [0.1, 0.15) is 36.8 Å². The van der Waals surface area contributed by atoms with Crippen LogP contribution >= 0.6 is 0 Å². The van der Waals surface area contributed by atoms with Crippen LogP contribution in [0.5, 0.6) is 0 Å². The highest BCUT2D eigenvalue weighted by molar-refractivity contribution is 6.00. The van der Waals surface area contributed by atoms with Crippen molar-refractivity contribution in [2.24, 2.45) is 0 Å². The molecular formula is C14H16O. The van der Waals surface area contributed by atoms with Gasteiger partial charge in [0.2, 0.25) is 0 Å². The summed E-state index contributed by atoms with van der Waals surface area (Å²) in [4.78, 5) is 11.6. The summed E-state index contributed by atoms with van der Waals surface area (Å²) in [5.74, 6) is 0.338. The topological polar surface area (TPSA) is 17.1 Å². The number of aryl methyl sites for hydroxylation is 1. The second-order valence-corrected chi connectivity index (χ2v) is 4.16. The Morgan fingerprint density at radius 1 is 1.13 bits per heavy atom. The molecule has 0 N–H and O–H groups in total. The summed E-state index contributed by atoms with van der Waals surface area (Å²) in [6.45, 7) is 2.08. The Hall–Kier alpha value is -1.37. The molecule has 78 valence electrons. The standard InChI is InChI=1S/C14H16O/c1-11-6-2-3-7-12(11)10-13-8-4-5-9-14(13)15/h2-3,6-7,10H,4-5,8-9H2,1H3/b13-10+. The molecule has 0 bridgehead atoms. The van der Waals surface area contributed by atoms with Gasteiger partial charge in [0.25, 0.3) is 0 Å². The Labute approximate surface area is 90.8 Å². The molecule has 1 nitrogen and oxygen atoms in total. The monoisotopic (exact) mass is 200 g/mol. The lowest BCUT2D eigenvalue weighted by Crippen LogP contribution is -2.08. The van der Waals surface area contributed by atoms with E-state index >= 15 is 0 Å². The first-order valence-electron chi connectivity index (χ1n) is 5.57. The van der Waals surface area contributed by atoms with E-state index in [-0.39, 0.29) is 0 Å². The third-order valence-electron chi connectivity index (χ3n) is 2.98. The van der Waals surface area contributed by atoms with Gasteiger partial charge in [0.05, 0.1) is 0 Å². The van der Waals surface area contributed by atoms with E-state index in [1.54, 1.807) is 0 Å². The normalized spacial score (nSPS) is 19.5. The Morgan fingerprint density at radius 3 is 2.60 bits per heavy atom. The average molecular weight is 200 g/mol. The summed E-state index contributed by atoms with van der Waals surface area (Å²) in [5, 5.41) is 0. The molecule has 0 saturated heterocycles. The predicted octanol–water partition coefficient (Wildman–Crippen LogP) is 3.52. The summed E-state index contributed by atoms with van der Waals surface area (Å²) in [6.07, 6.45) is 5.97. The maximum Gasteiger partial charge on any atom is 0.158 e. The Balaban J connectivity index is 2.29. The van der Waals surface area contributed by atoms with Gasteiger partial charge in [-0.1, -0.05) is 24.3 Å². The predicted molar refractivity (Wildman–Crippen MR) is 62.6 cm³/mol. The lowest BCUT2D eigenvalue weighted by atomic mass is 9.91. The molecule has 0 amide bonds. The average Bonchev–Trinajstić information content (AvgIpc) is 2.24. The fourth-order valence-electron chi connectivity index (χ4n) is 1.99. The lowest BCUT2D eigenvalue weighted by Gasteiger charge is -2.12. The van der Waals surface area contributed by atoms with Crippen LogP contribution in [0.25, 0.3) is 6.08 Å². The molecule has 1 fully saturated rings. The minimum absolute atomic E-state index is 0.338. The number of hydrogen-bond donors (Lipinski definition) is 0. The van der Waals surface area contributed by atoms with Crippen LogP contribution in [-0.4, -0.2) is 5.78 Å². The molecule has 1 heteroatoms. The maximum atomic E-state index is 11.6. The number of hydrogen-bond acceptors (Lipinski definition) is 1. The van der Waals surface area contributed by atoms with Crippen LogP contribution in [0, 0.1) is 6.92 Å². The summed E-state index contributed by atoms with van der Waals surface area (Å²) in [5.41, 5.74) is 3.43. The van der Waals surface area contributed by atoms with Crippen molar-refractivity contribution in [3.05, 3.63) is 41.0 Å². The fraction of sp³-hybridized carbons (Fsp3) is 0.357. The minimum atomic E-state index is 0.338. The summed E-state index contributed by atoms with van der Waals surface area (Å²) >= 11 is 0. The van der Waals surface area contributed by atoms with Gasteiger partial charge in [-0.3, -0.25) is 4.79 Å². The highest BCUT2D eigenvalue weighted by Gasteiger charge is 2.14. The highest BCUT2D eigenvalue weighted by atomic mass is 16.1. The van der Waals surface area contributed by atoms with E-state index in [1.807, 2.05) is 12.1 Å². The molecule has 0 atom stereocenters. The Kier molecular flexibility index (Phi) is 3.00. The second-order valence-electron chi connectivity index (χ2n) is 4.16. The van der Waals surface area contributed by atoms with E-state index < -0.39 is 0 Å². The molecule has 2 rings (SSSR count). The van der Waals surface area contributed by atoms with E-state index in [0.29, 0.717) is 5.78 Å². The van der Waals surface area contributed by atoms with Crippen LogP contribution in [0.15, 0.2) is 29.8 Å². The van der Waals surface area contributed by atoms with Crippen molar-refractivity contribution >= 4 is 11.9 Å². The number of ketones is 1. The molecule has 0 unspecified atom stereocenters. The summed E-state index contributed by atoms with van der Waals surface area (Å²) in [7, 11) is 0. The zero-order valence-corrected chi connectivity index (χ0v) is 9.12. The minimum Gasteiger partial charge on any atom is -0.295 e. The van der Waals surface area contributed by atoms with Gasteiger partial charge >= 0.3 is 0 Å². The first-order valence-corrected chi connectivity index (χ1v) is 5.57. The third-order valence-corrected chi connectivity index (χ3v) is 2.98. The van der Waals surface area contributed by atoms with Crippen LogP contribution in [0.2, 0.25) is 0 Å². The maximum absolute atomic E-state index is 11.6. The molecule has 0 aromatic heterocycles. The van der Waals surface area contributed by atoms with Gasteiger partial charge in [0.15, 0.2) is 5.78 Å². The molecule has 1 aliphatic rings. The molecule has 15 heavy (non-hydrogen) atoms. The van der Waals surface area contributed by atoms with Crippen molar-refractivity contribution in [3.8, 4) is 0 Å². The Bertz CT molecular complexity index is 402. The molecule has 1 saturated carbocycles. The zero-order chi connectivity index (χ0) is 10.7. The summed E-state index contributed by atoms with van der Waals surface area (Å²) in [6, 6.07) is 8.21. The molecular weight excluding hydrogens is 184 g/mol. The summed E-state index contributed by atoms with van der Waals surface area (Å²) < 4.78 is 0. The van der Waals surface area contributed by atoms with E-state index in [4.69, 9.17) is 0 Å². The smallest absolute Gasteiger partial charge is 0.158 e. The number of Topliss-reactive ketones (excluding diaryl/α,β-unsaturated/α-hetero) is 1. The van der Waals surface area contributed by atoms with Crippen molar-refractivity contribution in [2.75, 3.05) is 0 Å². The number of benzene rings is 1. The van der Waals surface area contributed by atoms with Crippen molar-refractivity contribution in [2.45, 2.75) is 32.6 Å². The molecule has 0 heterocycles. The first-order chi connectivity index (χ1) is 7.27. The molecule has 0 spiro atoms. The molecule has 1 aromatic carbocycles. The molecule has 1 aliphatic carbocycles. The van der Waals surface area contributed by atoms with Crippen LogP contribution in [0.4, 0.5) is 0 Å². The number of carbonyl (C=O) groups excluding carboxylic acids is 1. The van der Waals surface area contributed by atoms with Gasteiger partial charge in [-0.2, -0.15) is 0 Å². The SMILES string of the molecule is Cc1ccccc1/C=C1\CCCCC1=O. The largest absolute Gasteiger partial charge is 0.295 e. The van der Waals surface area contributed by atoms with Crippen molar-refractivity contribution in [3.63, 3.8) is 0 Å². The zero-order valence-electron chi connectivity index (χ0n) is 9.12. The third kappa shape index (κ3) is 2.35. The van der Waals surface area contributed by atoms with Crippen molar-refractivity contribution in [1.29, 1.82) is 0 Å². The number of rotatable bonds is 1. The van der Waals surface area contributed by atoms with Crippen molar-refractivity contribution < 1.29 is 4.79 Å². The number of allylic oxidation sites excluding steroid dienone is 1. The van der Waals surface area contributed by atoms with Gasteiger partial charge in [-0.15, -0.1) is 0 Å². The second kappa shape index (κ2) is 4.43. The Morgan fingerprint density at radius 2 is 1.87 bits per heavy atom. The number of carbonyl (C=O) groups is 1. The van der Waals surface area contributed by atoms with Crippen LogP contribution in [0.3, 0.4) is 0 Å². The lowest BCUT2D eigenvalue weighted by molar-refractivity contribution is -0.116. The quantitative estimate of drug-likeness (QED) is 0.634. The first kappa shape index (κ1) is 10.2. The molecule has 1 aromatic rings. The van der Waals surface area contributed by atoms with Gasteiger partial charge in [0, 0.05) is 6.42 Å². The van der Waals surface area contributed by atoms with E-state index in [9.17, 15) is 4.79 Å². The van der Waals surface area contributed by atoms with Crippen LogP contribution < -0.4 is 0 Å². The fourth-order valence-corrected chi connectivity index (χ4v) is 1.99. The van der Waals surface area contributed by atoms with Crippen molar-refractivity contribution in [1.82, 2.24) is 0 Å². The van der Waals surface area contributed by atoms with Gasteiger partial charge < -0.3 is 0 Å². The molecule has 0 aliphatic heterocycles. The van der Waals surface area contributed by atoms with Gasteiger partial charge in [0.1, 0.15) is 0 Å². The van der Waals surface area contributed by atoms with E-state index in [0.717, 1.165) is 31.3 Å².